The molecule has 144 valence electrons. The Morgan fingerprint density at radius 2 is 1.72 bits per heavy atom. The molecule has 2 aliphatic rings. The van der Waals surface area contributed by atoms with E-state index in [4.69, 9.17) is 24.4 Å². The van der Waals surface area contributed by atoms with Gasteiger partial charge in [-0.2, -0.15) is 0 Å². The summed E-state index contributed by atoms with van der Waals surface area (Å²) in [6.07, 6.45) is -3.43. The van der Waals surface area contributed by atoms with Crippen molar-refractivity contribution >= 4 is 0 Å². The molecule has 0 amide bonds. The Morgan fingerprint density at radius 3 is 2.24 bits per heavy atom. The number of aliphatic hydroxyl groups excluding tert-OH is 3. The third-order valence-electron chi connectivity index (χ3n) is 3.47. The van der Waals surface area contributed by atoms with Crippen LogP contribution in [0.1, 0.15) is 13.8 Å². The Balaban J connectivity index is 0.000000388. The highest BCUT2D eigenvalue weighted by molar-refractivity contribution is 5.30. The summed E-state index contributed by atoms with van der Waals surface area (Å²) in [5.74, 6) is 0.706. The Morgan fingerprint density at radius 1 is 1.08 bits per heavy atom. The van der Waals surface area contributed by atoms with Gasteiger partial charge >= 0.3 is 0 Å². The largest absolute Gasteiger partial charge is 0.508 e. The number of phenols is 1. The minimum absolute atomic E-state index is 0.107. The van der Waals surface area contributed by atoms with Gasteiger partial charge in [-0.05, 0) is 31.3 Å². The number of fused-ring (bicyclic) bond motifs is 1. The van der Waals surface area contributed by atoms with E-state index < -0.39 is 30.7 Å². The SMILES string of the molecule is CC.CNCCO.Oc1ccc(OCC2OC3OC3C(O)C2O)cc1. The van der Waals surface area contributed by atoms with Crippen LogP contribution in [0.5, 0.6) is 11.5 Å². The van der Waals surface area contributed by atoms with Gasteiger partial charge in [-0.1, -0.05) is 13.8 Å². The van der Waals surface area contributed by atoms with E-state index in [0.717, 1.165) is 0 Å². The van der Waals surface area contributed by atoms with Crippen LogP contribution in [0.4, 0.5) is 0 Å². The maximum Gasteiger partial charge on any atom is 0.187 e. The summed E-state index contributed by atoms with van der Waals surface area (Å²) in [7, 11) is 1.80. The maximum absolute atomic E-state index is 9.78. The van der Waals surface area contributed by atoms with Crippen LogP contribution < -0.4 is 10.1 Å². The molecule has 0 aromatic heterocycles. The number of epoxide rings is 1. The highest BCUT2D eigenvalue weighted by Crippen LogP contribution is 2.35. The molecule has 0 radical (unpaired) electrons. The van der Waals surface area contributed by atoms with Crippen molar-refractivity contribution < 1.29 is 34.6 Å². The lowest BCUT2D eigenvalue weighted by Gasteiger charge is -2.28. The van der Waals surface area contributed by atoms with Gasteiger partial charge in [0.25, 0.3) is 0 Å². The first-order chi connectivity index (χ1) is 12.1. The number of benzene rings is 1. The number of nitrogens with one attached hydrogen (secondary N) is 1. The number of hydrogen-bond acceptors (Lipinski definition) is 8. The smallest absolute Gasteiger partial charge is 0.187 e. The zero-order valence-electron chi connectivity index (χ0n) is 14.8. The van der Waals surface area contributed by atoms with Gasteiger partial charge < -0.3 is 40.0 Å². The van der Waals surface area contributed by atoms with Crippen LogP contribution in [0.2, 0.25) is 0 Å². The topological polar surface area (TPSA) is 124 Å². The lowest BCUT2D eigenvalue weighted by molar-refractivity contribution is -0.141. The van der Waals surface area contributed by atoms with E-state index in [9.17, 15) is 10.2 Å². The fourth-order valence-corrected chi connectivity index (χ4v) is 2.10. The molecule has 1 aromatic carbocycles. The molecule has 3 rings (SSSR count). The predicted molar refractivity (Wildman–Crippen MR) is 91.5 cm³/mol. The van der Waals surface area contributed by atoms with Crippen molar-refractivity contribution in [3.05, 3.63) is 24.3 Å². The first kappa shape index (κ1) is 21.6. The number of aliphatic hydroxyl groups is 3. The molecule has 2 fully saturated rings. The van der Waals surface area contributed by atoms with Gasteiger partial charge in [0.05, 0.1) is 6.61 Å². The first-order valence-corrected chi connectivity index (χ1v) is 8.41. The van der Waals surface area contributed by atoms with Crippen molar-refractivity contribution in [3.8, 4) is 11.5 Å². The Hall–Kier alpha value is -1.42. The van der Waals surface area contributed by atoms with E-state index in [1.54, 1.807) is 19.2 Å². The molecule has 25 heavy (non-hydrogen) atoms. The van der Waals surface area contributed by atoms with Crippen LogP contribution in [-0.2, 0) is 9.47 Å². The summed E-state index contributed by atoms with van der Waals surface area (Å²) in [5, 5.41) is 39.3. The van der Waals surface area contributed by atoms with E-state index >= 15 is 0 Å². The molecule has 5 unspecified atom stereocenters. The molecule has 0 saturated carbocycles. The first-order valence-electron chi connectivity index (χ1n) is 8.41. The molecule has 8 heteroatoms. The van der Waals surface area contributed by atoms with Crippen LogP contribution in [0.3, 0.4) is 0 Å². The van der Waals surface area contributed by atoms with Gasteiger partial charge in [-0.25, -0.2) is 0 Å². The lowest BCUT2D eigenvalue weighted by atomic mass is 10.0. The van der Waals surface area contributed by atoms with Gasteiger partial charge in [0.15, 0.2) is 6.29 Å². The molecule has 2 aliphatic heterocycles. The summed E-state index contributed by atoms with van der Waals surface area (Å²) in [4.78, 5) is 0. The van der Waals surface area contributed by atoms with E-state index in [1.165, 1.54) is 12.1 Å². The molecule has 5 atom stereocenters. The molecule has 1 aromatic rings. The number of aromatic hydroxyl groups is 1. The second-order valence-electron chi connectivity index (χ2n) is 5.26. The Labute approximate surface area is 148 Å². The van der Waals surface area contributed by atoms with E-state index in [1.807, 2.05) is 13.8 Å². The number of hydrogen-bond donors (Lipinski definition) is 5. The van der Waals surface area contributed by atoms with Gasteiger partial charge in [0.2, 0.25) is 0 Å². The molecular formula is C17H29NO7. The summed E-state index contributed by atoms with van der Waals surface area (Å²) in [6.45, 7) is 5.03. The average molecular weight is 359 g/mol. The Bertz CT molecular complexity index is 469. The summed E-state index contributed by atoms with van der Waals surface area (Å²) in [6, 6.07) is 6.22. The average Bonchev–Trinajstić information content (AvgIpc) is 3.41. The second kappa shape index (κ2) is 11.2. The zero-order valence-corrected chi connectivity index (χ0v) is 14.8. The quantitative estimate of drug-likeness (QED) is 0.460. The zero-order chi connectivity index (χ0) is 18.8. The fourth-order valence-electron chi connectivity index (χ4n) is 2.10. The second-order valence-corrected chi connectivity index (χ2v) is 5.26. The van der Waals surface area contributed by atoms with Crippen LogP contribution >= 0.6 is 0 Å². The molecule has 2 saturated heterocycles. The molecule has 0 spiro atoms. The number of likely N-dealkylation sites (N-methyl/N-ethyl adjacent to an activating group) is 1. The molecule has 0 aliphatic carbocycles. The van der Waals surface area contributed by atoms with E-state index in [0.29, 0.717) is 12.3 Å². The lowest BCUT2D eigenvalue weighted by Crippen LogP contribution is -2.49. The van der Waals surface area contributed by atoms with Crippen molar-refractivity contribution in [1.29, 1.82) is 0 Å². The normalized spacial score (nSPS) is 29.3. The van der Waals surface area contributed by atoms with Crippen molar-refractivity contribution in [3.63, 3.8) is 0 Å². The molecule has 5 N–H and O–H groups in total. The maximum atomic E-state index is 9.78. The monoisotopic (exact) mass is 359 g/mol. The number of ether oxygens (including phenoxy) is 3. The molecule has 2 heterocycles. The molecule has 0 bridgehead atoms. The molecule has 8 nitrogen and oxygen atoms in total. The van der Waals surface area contributed by atoms with Gasteiger partial charge in [-0.3, -0.25) is 0 Å². The van der Waals surface area contributed by atoms with Crippen LogP contribution in [0.15, 0.2) is 24.3 Å². The van der Waals surface area contributed by atoms with Gasteiger partial charge in [-0.15, -0.1) is 0 Å². The minimum Gasteiger partial charge on any atom is -0.508 e. The van der Waals surface area contributed by atoms with Gasteiger partial charge in [0, 0.05) is 6.54 Å². The summed E-state index contributed by atoms with van der Waals surface area (Å²) >= 11 is 0. The number of phenolic OH excluding ortho intramolecular Hbond substituents is 1. The molecular weight excluding hydrogens is 330 g/mol. The standard InChI is InChI=1S/C12H14O6.C3H9NO.C2H6/c13-6-1-3-7(4-2-6)16-5-8-9(14)10(15)11-12(17-8)18-11;1-4-2-3-5;1-2/h1-4,8-15H,5H2;4-5H,2-3H2,1H3;1-2H3. The van der Waals surface area contributed by atoms with Crippen molar-refractivity contribution in [1.82, 2.24) is 5.32 Å². The third-order valence-corrected chi connectivity index (χ3v) is 3.47. The highest BCUT2D eigenvalue weighted by Gasteiger charge is 2.56. The van der Waals surface area contributed by atoms with Crippen molar-refractivity contribution in [2.24, 2.45) is 0 Å². The Kier molecular flexibility index (Phi) is 9.73. The fraction of sp³-hybridized carbons (Fsp3) is 0.647. The van der Waals surface area contributed by atoms with Gasteiger partial charge in [0.1, 0.15) is 42.5 Å². The minimum atomic E-state index is -1.02. The van der Waals surface area contributed by atoms with Crippen molar-refractivity contribution in [2.75, 3.05) is 26.8 Å². The van der Waals surface area contributed by atoms with Crippen LogP contribution in [-0.4, -0.2) is 77.9 Å². The van der Waals surface area contributed by atoms with Crippen LogP contribution in [0.25, 0.3) is 0 Å². The van der Waals surface area contributed by atoms with Crippen LogP contribution in [0, 0.1) is 0 Å². The summed E-state index contributed by atoms with van der Waals surface area (Å²) in [5.41, 5.74) is 0. The highest BCUT2D eigenvalue weighted by atomic mass is 16.8. The number of rotatable bonds is 5. The van der Waals surface area contributed by atoms with E-state index in [2.05, 4.69) is 5.32 Å². The predicted octanol–water partition coefficient (Wildman–Crippen LogP) is -0.159. The van der Waals surface area contributed by atoms with E-state index in [-0.39, 0.29) is 19.0 Å². The van der Waals surface area contributed by atoms with Crippen molar-refractivity contribution in [2.45, 2.75) is 44.6 Å². The third kappa shape index (κ3) is 6.77. The summed E-state index contributed by atoms with van der Waals surface area (Å²) < 4.78 is 15.8.